The maximum Gasteiger partial charge on any atom is 0.146 e. The van der Waals surface area contributed by atoms with Crippen LogP contribution in [0.5, 0.6) is 0 Å². The van der Waals surface area contributed by atoms with Crippen LogP contribution in [0.4, 0.5) is 10.1 Å². The summed E-state index contributed by atoms with van der Waals surface area (Å²) in [5, 5.41) is 12.4. The third-order valence-corrected chi connectivity index (χ3v) is 1.98. The fourth-order valence-electron chi connectivity index (χ4n) is 1.32. The zero-order chi connectivity index (χ0) is 11.3. The monoisotopic (exact) mass is 212 g/mol. The Labute approximate surface area is 89.5 Å². The number of rotatable bonds is 5. The summed E-state index contributed by atoms with van der Waals surface area (Å²) >= 11 is 0. The molecule has 0 spiro atoms. The van der Waals surface area contributed by atoms with Gasteiger partial charge in [0.25, 0.3) is 0 Å². The van der Waals surface area contributed by atoms with Crippen LogP contribution in [0.3, 0.4) is 0 Å². The normalized spacial score (nSPS) is 12.9. The van der Waals surface area contributed by atoms with Crippen LogP contribution in [-0.4, -0.2) is 43.3 Å². The van der Waals surface area contributed by atoms with E-state index in [0.717, 1.165) is 0 Å². The highest BCUT2D eigenvalue weighted by Crippen LogP contribution is 2.11. The van der Waals surface area contributed by atoms with E-state index in [9.17, 15) is 9.50 Å². The number of hydrogen-bond donors (Lipinski definition) is 2. The fourth-order valence-corrected chi connectivity index (χ4v) is 1.32. The molecule has 15 heavy (non-hydrogen) atoms. The minimum Gasteiger partial charge on any atom is -0.390 e. The van der Waals surface area contributed by atoms with Crippen LogP contribution in [0.2, 0.25) is 0 Å². The van der Waals surface area contributed by atoms with E-state index in [2.05, 4.69) is 5.32 Å². The zero-order valence-electron chi connectivity index (χ0n) is 9.07. The molecule has 0 saturated heterocycles. The van der Waals surface area contributed by atoms with Gasteiger partial charge in [-0.05, 0) is 26.2 Å². The van der Waals surface area contributed by atoms with Gasteiger partial charge in [0.15, 0.2) is 0 Å². The first-order valence-corrected chi connectivity index (χ1v) is 4.91. The third-order valence-electron chi connectivity index (χ3n) is 1.98. The molecular formula is C11H17FN2O. The van der Waals surface area contributed by atoms with Crippen LogP contribution in [0.15, 0.2) is 24.3 Å². The maximum atomic E-state index is 13.1. The highest BCUT2D eigenvalue weighted by Gasteiger charge is 2.06. The van der Waals surface area contributed by atoms with Crippen LogP contribution in [0.1, 0.15) is 0 Å². The summed E-state index contributed by atoms with van der Waals surface area (Å²) in [6.45, 7) is 0.903. The van der Waals surface area contributed by atoms with Crippen molar-refractivity contribution in [1.82, 2.24) is 4.90 Å². The molecule has 3 nitrogen and oxygen atoms in total. The lowest BCUT2D eigenvalue weighted by molar-refractivity contribution is 0.148. The van der Waals surface area contributed by atoms with Gasteiger partial charge in [-0.15, -0.1) is 0 Å². The average Bonchev–Trinajstić information content (AvgIpc) is 2.15. The molecule has 1 aromatic carbocycles. The largest absolute Gasteiger partial charge is 0.390 e. The van der Waals surface area contributed by atoms with Crippen molar-refractivity contribution in [2.45, 2.75) is 6.10 Å². The molecule has 0 saturated carbocycles. The smallest absolute Gasteiger partial charge is 0.146 e. The van der Waals surface area contributed by atoms with Gasteiger partial charge >= 0.3 is 0 Å². The van der Waals surface area contributed by atoms with Gasteiger partial charge in [0.1, 0.15) is 5.82 Å². The quantitative estimate of drug-likeness (QED) is 0.769. The second-order valence-electron chi connectivity index (χ2n) is 3.78. The summed E-state index contributed by atoms with van der Waals surface area (Å²) < 4.78 is 13.1. The van der Waals surface area contributed by atoms with E-state index in [4.69, 9.17) is 0 Å². The van der Waals surface area contributed by atoms with Crippen molar-refractivity contribution in [3.05, 3.63) is 30.1 Å². The molecule has 0 bridgehead atoms. The van der Waals surface area contributed by atoms with E-state index in [1.807, 2.05) is 19.0 Å². The van der Waals surface area contributed by atoms with Crippen molar-refractivity contribution in [2.24, 2.45) is 0 Å². The summed E-state index contributed by atoms with van der Waals surface area (Å²) in [7, 11) is 3.76. The molecule has 0 radical (unpaired) electrons. The fraction of sp³-hybridized carbons (Fsp3) is 0.455. The SMILES string of the molecule is CN(C)CC(O)CNc1ccccc1F. The first-order valence-electron chi connectivity index (χ1n) is 4.91. The van der Waals surface area contributed by atoms with Crippen molar-refractivity contribution in [2.75, 3.05) is 32.5 Å². The molecule has 1 rings (SSSR count). The standard InChI is InChI=1S/C11H17FN2O/c1-14(2)8-9(15)7-13-11-6-4-3-5-10(11)12/h3-6,9,13,15H,7-8H2,1-2H3. The molecule has 1 unspecified atom stereocenters. The number of para-hydroxylation sites is 1. The molecule has 0 aliphatic carbocycles. The number of hydrogen-bond acceptors (Lipinski definition) is 3. The minimum atomic E-state index is -0.500. The average molecular weight is 212 g/mol. The molecule has 0 amide bonds. The van der Waals surface area contributed by atoms with Crippen LogP contribution in [-0.2, 0) is 0 Å². The van der Waals surface area contributed by atoms with Gasteiger partial charge in [0, 0.05) is 13.1 Å². The Bertz CT molecular complexity index is 304. The summed E-state index contributed by atoms with van der Waals surface area (Å²) in [5.41, 5.74) is 0.426. The lowest BCUT2D eigenvalue weighted by Gasteiger charge is -2.17. The lowest BCUT2D eigenvalue weighted by atomic mass is 10.3. The van der Waals surface area contributed by atoms with Gasteiger partial charge in [-0.2, -0.15) is 0 Å². The number of nitrogens with one attached hydrogen (secondary N) is 1. The molecule has 1 aromatic rings. The van der Waals surface area contributed by atoms with Gasteiger partial charge in [0.05, 0.1) is 11.8 Å². The highest BCUT2D eigenvalue weighted by atomic mass is 19.1. The summed E-state index contributed by atoms with van der Waals surface area (Å²) in [4.78, 5) is 1.88. The molecule has 2 N–H and O–H groups in total. The van der Waals surface area contributed by atoms with Crippen molar-refractivity contribution < 1.29 is 9.50 Å². The number of aliphatic hydroxyl groups excluding tert-OH is 1. The van der Waals surface area contributed by atoms with Crippen LogP contribution in [0.25, 0.3) is 0 Å². The molecule has 4 heteroatoms. The molecule has 0 heterocycles. The summed E-state index contributed by atoms with van der Waals surface area (Å²) in [5.74, 6) is -0.297. The van der Waals surface area contributed by atoms with Crippen molar-refractivity contribution in [3.8, 4) is 0 Å². The minimum absolute atomic E-state index is 0.297. The first kappa shape index (κ1) is 11.9. The van der Waals surface area contributed by atoms with Crippen molar-refractivity contribution >= 4 is 5.69 Å². The van der Waals surface area contributed by atoms with E-state index in [1.165, 1.54) is 6.07 Å². The number of halogens is 1. The van der Waals surface area contributed by atoms with Gasteiger partial charge in [0.2, 0.25) is 0 Å². The summed E-state index contributed by atoms with van der Waals surface area (Å²) in [6, 6.07) is 6.43. The zero-order valence-corrected chi connectivity index (χ0v) is 9.07. The highest BCUT2D eigenvalue weighted by molar-refractivity contribution is 5.44. The van der Waals surface area contributed by atoms with Gasteiger partial charge in [-0.3, -0.25) is 0 Å². The third kappa shape index (κ3) is 4.27. The van der Waals surface area contributed by atoms with Crippen molar-refractivity contribution in [3.63, 3.8) is 0 Å². The van der Waals surface area contributed by atoms with E-state index in [1.54, 1.807) is 18.2 Å². The van der Waals surface area contributed by atoms with E-state index in [-0.39, 0.29) is 5.82 Å². The van der Waals surface area contributed by atoms with E-state index >= 15 is 0 Å². The molecule has 0 aliphatic heterocycles. The predicted molar refractivity (Wildman–Crippen MR) is 59.5 cm³/mol. The van der Waals surface area contributed by atoms with Gasteiger partial charge in [-0.25, -0.2) is 4.39 Å². The topological polar surface area (TPSA) is 35.5 Å². The predicted octanol–water partition coefficient (Wildman–Crippen LogP) is 1.16. The van der Waals surface area contributed by atoms with Gasteiger partial charge < -0.3 is 15.3 Å². The number of nitrogens with zero attached hydrogens (tertiary/aromatic N) is 1. The van der Waals surface area contributed by atoms with Crippen LogP contribution in [0, 0.1) is 5.82 Å². The Morgan fingerprint density at radius 1 is 1.40 bits per heavy atom. The Morgan fingerprint density at radius 2 is 2.07 bits per heavy atom. The molecule has 1 atom stereocenters. The number of likely N-dealkylation sites (N-methyl/N-ethyl adjacent to an activating group) is 1. The molecule has 0 aliphatic rings. The Morgan fingerprint density at radius 3 is 2.67 bits per heavy atom. The Kier molecular flexibility index (Phi) is 4.52. The number of anilines is 1. The molecule has 0 fully saturated rings. The Hall–Kier alpha value is -1.13. The molecular weight excluding hydrogens is 195 g/mol. The first-order chi connectivity index (χ1) is 7.09. The molecule has 0 aromatic heterocycles. The Balaban J connectivity index is 2.40. The van der Waals surface area contributed by atoms with Crippen LogP contribution < -0.4 is 5.32 Å². The van der Waals surface area contributed by atoms with Crippen LogP contribution >= 0.6 is 0 Å². The van der Waals surface area contributed by atoms with Gasteiger partial charge in [-0.1, -0.05) is 12.1 Å². The summed E-state index contributed by atoms with van der Waals surface area (Å²) in [6.07, 6.45) is -0.500. The second kappa shape index (κ2) is 5.68. The van der Waals surface area contributed by atoms with E-state index in [0.29, 0.717) is 18.8 Å². The lowest BCUT2D eigenvalue weighted by Crippen LogP contribution is -2.31. The van der Waals surface area contributed by atoms with Crippen molar-refractivity contribution in [1.29, 1.82) is 0 Å². The molecule has 84 valence electrons. The number of benzene rings is 1. The second-order valence-corrected chi connectivity index (χ2v) is 3.78. The maximum absolute atomic E-state index is 13.1. The van der Waals surface area contributed by atoms with E-state index < -0.39 is 6.10 Å². The number of aliphatic hydroxyl groups is 1.